The van der Waals surface area contributed by atoms with Gasteiger partial charge in [0.2, 0.25) is 5.88 Å². The first-order valence-corrected chi connectivity index (χ1v) is 8.91. The van der Waals surface area contributed by atoms with E-state index in [0.29, 0.717) is 17.5 Å². The molecule has 2 aliphatic heterocycles. The lowest BCUT2D eigenvalue weighted by molar-refractivity contribution is 0.0628. The highest BCUT2D eigenvalue weighted by atomic mass is 32.2. The number of hydrogen-bond donors (Lipinski definition) is 0. The lowest BCUT2D eigenvalue weighted by Gasteiger charge is -2.33. The van der Waals surface area contributed by atoms with Gasteiger partial charge in [-0.15, -0.1) is 0 Å². The summed E-state index contributed by atoms with van der Waals surface area (Å²) in [5.41, 5.74) is 0.614. The summed E-state index contributed by atoms with van der Waals surface area (Å²) < 4.78 is 5.97. The fraction of sp³-hybridized carbons (Fsp3) is 0.625. The summed E-state index contributed by atoms with van der Waals surface area (Å²) in [5.74, 6) is 2.69. The van der Waals surface area contributed by atoms with Crippen LogP contribution < -0.4 is 4.74 Å². The van der Waals surface area contributed by atoms with E-state index in [1.807, 2.05) is 28.8 Å². The van der Waals surface area contributed by atoms with Crippen molar-refractivity contribution in [1.29, 1.82) is 0 Å². The van der Waals surface area contributed by atoms with Crippen molar-refractivity contribution in [3.05, 3.63) is 23.9 Å². The van der Waals surface area contributed by atoms with Crippen molar-refractivity contribution in [3.63, 3.8) is 0 Å². The van der Waals surface area contributed by atoms with E-state index in [1.54, 1.807) is 6.20 Å². The van der Waals surface area contributed by atoms with Gasteiger partial charge < -0.3 is 9.64 Å². The number of carbonyl (C=O) groups excluding carboxylic acids is 1. The molecule has 3 heterocycles. The Balaban J connectivity index is 1.78. The van der Waals surface area contributed by atoms with Crippen LogP contribution in [-0.2, 0) is 0 Å². The summed E-state index contributed by atoms with van der Waals surface area (Å²) >= 11 is 1.90. The Morgan fingerprint density at radius 2 is 2.33 bits per heavy atom. The zero-order valence-corrected chi connectivity index (χ0v) is 13.3. The molecule has 2 fully saturated rings. The van der Waals surface area contributed by atoms with E-state index in [1.165, 1.54) is 6.42 Å². The molecule has 2 saturated heterocycles. The zero-order chi connectivity index (χ0) is 14.7. The maximum absolute atomic E-state index is 12.8. The molecule has 0 radical (unpaired) electrons. The Morgan fingerprint density at radius 3 is 3.10 bits per heavy atom. The van der Waals surface area contributed by atoms with E-state index in [2.05, 4.69) is 11.9 Å². The van der Waals surface area contributed by atoms with Gasteiger partial charge in [0.05, 0.1) is 0 Å². The standard InChI is InChI=1S/C16H22N2O2S/c1-12-5-2-3-9-18(12)16(19)14-6-4-8-17-15(14)20-13-7-10-21-11-13/h4,6,8,12-13H,2-3,5,7,9-11H2,1H3. The first-order valence-electron chi connectivity index (χ1n) is 7.76. The number of pyridine rings is 1. The molecule has 1 amide bonds. The minimum Gasteiger partial charge on any atom is -0.473 e. The minimum absolute atomic E-state index is 0.0657. The summed E-state index contributed by atoms with van der Waals surface area (Å²) in [6.45, 7) is 2.97. The highest BCUT2D eigenvalue weighted by molar-refractivity contribution is 7.99. The molecule has 1 aromatic rings. The molecule has 1 aromatic heterocycles. The number of amides is 1. The van der Waals surface area contributed by atoms with E-state index >= 15 is 0 Å². The number of hydrogen-bond acceptors (Lipinski definition) is 4. The summed E-state index contributed by atoms with van der Waals surface area (Å²) in [6.07, 6.45) is 6.31. The van der Waals surface area contributed by atoms with Gasteiger partial charge in [-0.2, -0.15) is 11.8 Å². The molecule has 4 nitrogen and oxygen atoms in total. The lowest BCUT2D eigenvalue weighted by atomic mass is 10.0. The smallest absolute Gasteiger partial charge is 0.259 e. The molecule has 5 heteroatoms. The van der Waals surface area contributed by atoms with Crippen LogP contribution in [0.4, 0.5) is 0 Å². The van der Waals surface area contributed by atoms with E-state index in [0.717, 1.165) is 37.3 Å². The van der Waals surface area contributed by atoms with Crippen LogP contribution in [0.2, 0.25) is 0 Å². The molecule has 114 valence electrons. The molecule has 0 aromatic carbocycles. The second-order valence-corrected chi connectivity index (χ2v) is 6.95. The minimum atomic E-state index is 0.0657. The van der Waals surface area contributed by atoms with Gasteiger partial charge in [0, 0.05) is 24.5 Å². The first-order chi connectivity index (χ1) is 10.3. The van der Waals surface area contributed by atoms with Gasteiger partial charge in [-0.3, -0.25) is 4.79 Å². The van der Waals surface area contributed by atoms with Crippen LogP contribution in [0.1, 0.15) is 43.0 Å². The second-order valence-electron chi connectivity index (χ2n) is 5.80. The van der Waals surface area contributed by atoms with Gasteiger partial charge in [-0.1, -0.05) is 0 Å². The third kappa shape index (κ3) is 3.34. The largest absolute Gasteiger partial charge is 0.473 e. The first kappa shape index (κ1) is 14.7. The Kier molecular flexibility index (Phi) is 4.68. The molecule has 3 rings (SSSR count). The monoisotopic (exact) mass is 306 g/mol. The van der Waals surface area contributed by atoms with Gasteiger partial charge >= 0.3 is 0 Å². The molecule has 0 spiro atoms. The Hall–Kier alpha value is -1.23. The molecule has 0 aliphatic carbocycles. The number of piperidine rings is 1. The van der Waals surface area contributed by atoms with Gasteiger partial charge in [-0.05, 0) is 50.5 Å². The normalized spacial score (nSPS) is 25.9. The molecule has 0 bridgehead atoms. The predicted molar refractivity (Wildman–Crippen MR) is 84.9 cm³/mol. The number of aromatic nitrogens is 1. The number of likely N-dealkylation sites (tertiary alicyclic amines) is 1. The number of ether oxygens (including phenoxy) is 1. The fourth-order valence-corrected chi connectivity index (χ4v) is 4.06. The highest BCUT2D eigenvalue weighted by Crippen LogP contribution is 2.26. The molecule has 0 N–H and O–H groups in total. The van der Waals surface area contributed by atoms with Crippen LogP contribution in [0.3, 0.4) is 0 Å². The highest BCUT2D eigenvalue weighted by Gasteiger charge is 2.28. The molecule has 0 saturated carbocycles. The Morgan fingerprint density at radius 1 is 1.43 bits per heavy atom. The average molecular weight is 306 g/mol. The maximum atomic E-state index is 12.8. The van der Waals surface area contributed by atoms with Crippen molar-refractivity contribution in [3.8, 4) is 5.88 Å². The van der Waals surface area contributed by atoms with Gasteiger partial charge in [0.1, 0.15) is 11.7 Å². The third-order valence-corrected chi connectivity index (χ3v) is 5.36. The van der Waals surface area contributed by atoms with Crippen molar-refractivity contribution in [2.24, 2.45) is 0 Å². The van der Waals surface area contributed by atoms with Crippen molar-refractivity contribution in [2.45, 2.75) is 44.8 Å². The zero-order valence-electron chi connectivity index (χ0n) is 12.5. The Bertz CT molecular complexity index is 503. The summed E-state index contributed by atoms with van der Waals surface area (Å²) in [4.78, 5) is 19.1. The van der Waals surface area contributed by atoms with Gasteiger partial charge in [0.25, 0.3) is 5.91 Å². The predicted octanol–water partition coefficient (Wildman–Crippen LogP) is 2.98. The second kappa shape index (κ2) is 6.69. The fourth-order valence-electron chi connectivity index (χ4n) is 2.97. The third-order valence-electron chi connectivity index (χ3n) is 4.23. The van der Waals surface area contributed by atoms with Crippen LogP contribution in [0.25, 0.3) is 0 Å². The summed E-state index contributed by atoms with van der Waals surface area (Å²) in [7, 11) is 0. The van der Waals surface area contributed by atoms with Crippen LogP contribution in [0, 0.1) is 0 Å². The van der Waals surface area contributed by atoms with Crippen LogP contribution in [0.5, 0.6) is 5.88 Å². The average Bonchev–Trinajstić information content (AvgIpc) is 3.01. The lowest BCUT2D eigenvalue weighted by Crippen LogP contribution is -2.42. The summed E-state index contributed by atoms with van der Waals surface area (Å²) in [6, 6.07) is 3.97. The van der Waals surface area contributed by atoms with Crippen molar-refractivity contribution >= 4 is 17.7 Å². The topological polar surface area (TPSA) is 42.4 Å². The van der Waals surface area contributed by atoms with E-state index in [-0.39, 0.29) is 12.0 Å². The van der Waals surface area contributed by atoms with Crippen LogP contribution in [-0.4, -0.2) is 46.0 Å². The van der Waals surface area contributed by atoms with Gasteiger partial charge in [-0.25, -0.2) is 4.98 Å². The van der Waals surface area contributed by atoms with Crippen molar-refractivity contribution in [1.82, 2.24) is 9.88 Å². The molecule has 2 atom stereocenters. The van der Waals surface area contributed by atoms with Gasteiger partial charge in [0.15, 0.2) is 0 Å². The molecule has 2 unspecified atom stereocenters. The SMILES string of the molecule is CC1CCCCN1C(=O)c1cccnc1OC1CCSC1. The van der Waals surface area contributed by atoms with E-state index < -0.39 is 0 Å². The number of rotatable bonds is 3. The van der Waals surface area contributed by atoms with E-state index in [9.17, 15) is 4.79 Å². The molecular weight excluding hydrogens is 284 g/mol. The molecule has 2 aliphatic rings. The number of thioether (sulfide) groups is 1. The van der Waals surface area contributed by atoms with Crippen LogP contribution in [0.15, 0.2) is 18.3 Å². The number of carbonyl (C=O) groups is 1. The number of nitrogens with zero attached hydrogens (tertiary/aromatic N) is 2. The maximum Gasteiger partial charge on any atom is 0.259 e. The molecule has 21 heavy (non-hydrogen) atoms. The molecular formula is C16H22N2O2S. The van der Waals surface area contributed by atoms with Crippen molar-refractivity contribution < 1.29 is 9.53 Å². The van der Waals surface area contributed by atoms with E-state index in [4.69, 9.17) is 4.74 Å². The Labute approximate surface area is 130 Å². The summed E-state index contributed by atoms with van der Waals surface area (Å²) in [5, 5.41) is 0. The quantitative estimate of drug-likeness (QED) is 0.861. The van der Waals surface area contributed by atoms with Crippen LogP contribution >= 0.6 is 11.8 Å². The van der Waals surface area contributed by atoms with Crippen molar-refractivity contribution in [2.75, 3.05) is 18.1 Å².